The van der Waals surface area contributed by atoms with Crippen LogP contribution in [0.1, 0.15) is 17.3 Å². The fraction of sp³-hybridized carbons (Fsp3) is 0.167. The van der Waals surface area contributed by atoms with Crippen LogP contribution in [0.3, 0.4) is 0 Å². The van der Waals surface area contributed by atoms with Crippen molar-refractivity contribution in [3.05, 3.63) is 48.0 Å². The van der Waals surface area contributed by atoms with E-state index in [2.05, 4.69) is 20.1 Å². The predicted octanol–water partition coefficient (Wildman–Crippen LogP) is 1.80. The summed E-state index contributed by atoms with van der Waals surface area (Å²) < 4.78 is 32.3. The number of carbonyl (C=O) groups is 3. The predicted molar refractivity (Wildman–Crippen MR) is 101 cm³/mol. The molecule has 9 nitrogen and oxygen atoms in total. The molecule has 1 unspecified atom stereocenters. The number of fused-ring (bicyclic) bond motifs is 1. The second-order valence-corrected chi connectivity index (χ2v) is 7.76. The summed E-state index contributed by atoms with van der Waals surface area (Å²) in [6.07, 6.45) is 0. The largest absolute Gasteiger partial charge is 0.465 e. The fourth-order valence-electron chi connectivity index (χ4n) is 2.51. The van der Waals surface area contributed by atoms with Crippen molar-refractivity contribution >= 4 is 44.9 Å². The van der Waals surface area contributed by atoms with Gasteiger partial charge in [0.15, 0.2) is 0 Å². The van der Waals surface area contributed by atoms with Gasteiger partial charge in [-0.1, -0.05) is 0 Å². The van der Waals surface area contributed by atoms with E-state index in [1.165, 1.54) is 56.5 Å². The Morgan fingerprint density at radius 3 is 2.21 bits per heavy atom. The number of sulfonamides is 1. The third-order valence-electron chi connectivity index (χ3n) is 4.16. The van der Waals surface area contributed by atoms with Gasteiger partial charge >= 0.3 is 5.97 Å². The van der Waals surface area contributed by atoms with Crippen molar-refractivity contribution in [3.63, 3.8) is 0 Å². The zero-order valence-electron chi connectivity index (χ0n) is 15.0. The van der Waals surface area contributed by atoms with E-state index >= 15 is 0 Å². The van der Waals surface area contributed by atoms with Crippen molar-refractivity contribution in [2.75, 3.05) is 22.5 Å². The third-order valence-corrected chi connectivity index (χ3v) is 5.54. The monoisotopic (exact) mass is 403 g/mol. The lowest BCUT2D eigenvalue weighted by Crippen LogP contribution is -2.28. The number of anilines is 3. The molecule has 1 aliphatic rings. The SMILES string of the molecule is COC(=O)c1ccc(NS(=O)(=O)c2ccc3c(c2)NC(=O)C(C)C(=O)N3)cc1. The molecule has 3 rings (SSSR count). The molecule has 2 aromatic rings. The van der Waals surface area contributed by atoms with Gasteiger partial charge in [0.05, 0.1) is 28.9 Å². The highest BCUT2D eigenvalue weighted by Crippen LogP contribution is 2.29. The molecule has 10 heteroatoms. The van der Waals surface area contributed by atoms with Crippen molar-refractivity contribution in [2.45, 2.75) is 11.8 Å². The van der Waals surface area contributed by atoms with Gasteiger partial charge in [-0.2, -0.15) is 0 Å². The van der Waals surface area contributed by atoms with Gasteiger partial charge < -0.3 is 15.4 Å². The van der Waals surface area contributed by atoms with Crippen LogP contribution in [-0.4, -0.2) is 33.3 Å². The molecule has 28 heavy (non-hydrogen) atoms. The number of esters is 1. The van der Waals surface area contributed by atoms with Gasteiger partial charge in [0.25, 0.3) is 10.0 Å². The number of amides is 2. The van der Waals surface area contributed by atoms with Crippen LogP contribution in [0, 0.1) is 5.92 Å². The summed E-state index contributed by atoms with van der Waals surface area (Å²) >= 11 is 0. The van der Waals surface area contributed by atoms with E-state index < -0.39 is 33.7 Å². The normalized spacial score (nSPS) is 16.3. The van der Waals surface area contributed by atoms with Crippen LogP contribution in [0.15, 0.2) is 47.4 Å². The molecular formula is C18H17N3O6S. The maximum Gasteiger partial charge on any atom is 0.337 e. The number of ether oxygens (including phenoxy) is 1. The molecule has 1 atom stereocenters. The number of hydrogen-bond acceptors (Lipinski definition) is 6. The van der Waals surface area contributed by atoms with Crippen molar-refractivity contribution in [1.82, 2.24) is 0 Å². The van der Waals surface area contributed by atoms with Gasteiger partial charge in [0.2, 0.25) is 11.8 Å². The van der Waals surface area contributed by atoms with Crippen molar-refractivity contribution in [1.29, 1.82) is 0 Å². The smallest absolute Gasteiger partial charge is 0.337 e. The summed E-state index contributed by atoms with van der Waals surface area (Å²) in [6, 6.07) is 9.69. The van der Waals surface area contributed by atoms with E-state index in [1.807, 2.05) is 0 Å². The molecule has 0 saturated carbocycles. The molecule has 0 fully saturated rings. The van der Waals surface area contributed by atoms with E-state index in [4.69, 9.17) is 0 Å². The van der Waals surface area contributed by atoms with Crippen LogP contribution in [0.5, 0.6) is 0 Å². The van der Waals surface area contributed by atoms with E-state index in [9.17, 15) is 22.8 Å². The molecule has 1 aliphatic heterocycles. The number of carbonyl (C=O) groups excluding carboxylic acids is 3. The second-order valence-electron chi connectivity index (χ2n) is 6.08. The number of rotatable bonds is 4. The summed E-state index contributed by atoms with van der Waals surface area (Å²) in [5, 5.41) is 5.11. The summed E-state index contributed by atoms with van der Waals surface area (Å²) in [5.41, 5.74) is 1.02. The number of benzene rings is 2. The third kappa shape index (κ3) is 3.81. The molecular weight excluding hydrogens is 386 g/mol. The van der Waals surface area contributed by atoms with E-state index in [0.717, 1.165) is 0 Å². The lowest BCUT2D eigenvalue weighted by Gasteiger charge is -2.12. The number of hydrogen-bond donors (Lipinski definition) is 3. The van der Waals surface area contributed by atoms with Crippen LogP contribution >= 0.6 is 0 Å². The molecule has 1 heterocycles. The van der Waals surface area contributed by atoms with Gasteiger partial charge in [0, 0.05) is 5.69 Å². The van der Waals surface area contributed by atoms with Gasteiger partial charge in [-0.05, 0) is 49.4 Å². The van der Waals surface area contributed by atoms with Crippen LogP contribution in [0.2, 0.25) is 0 Å². The summed E-state index contributed by atoms with van der Waals surface area (Å²) in [6.45, 7) is 1.45. The highest BCUT2D eigenvalue weighted by Gasteiger charge is 2.28. The highest BCUT2D eigenvalue weighted by atomic mass is 32.2. The molecule has 0 radical (unpaired) electrons. The number of nitrogens with one attached hydrogen (secondary N) is 3. The molecule has 146 valence electrons. The fourth-order valence-corrected chi connectivity index (χ4v) is 3.59. The van der Waals surface area contributed by atoms with E-state index in [0.29, 0.717) is 5.69 Å². The molecule has 3 N–H and O–H groups in total. The maximum atomic E-state index is 12.7. The quantitative estimate of drug-likeness (QED) is 0.527. The molecule has 2 aromatic carbocycles. The van der Waals surface area contributed by atoms with Crippen molar-refractivity contribution < 1.29 is 27.5 Å². The average molecular weight is 403 g/mol. The first-order valence-corrected chi connectivity index (χ1v) is 9.66. The first-order valence-electron chi connectivity index (χ1n) is 8.18. The van der Waals surface area contributed by atoms with Crippen LogP contribution in [-0.2, 0) is 24.3 Å². The zero-order valence-corrected chi connectivity index (χ0v) is 15.8. The Morgan fingerprint density at radius 1 is 1.00 bits per heavy atom. The Bertz CT molecular complexity index is 1060. The Kier molecular flexibility index (Phi) is 5.06. The Balaban J connectivity index is 1.87. The minimum absolute atomic E-state index is 0.104. The molecule has 0 spiro atoms. The Morgan fingerprint density at radius 2 is 1.61 bits per heavy atom. The van der Waals surface area contributed by atoms with Gasteiger partial charge in [-0.15, -0.1) is 0 Å². The standard InChI is InChI=1S/C18H17N3O6S/c1-10-16(22)19-14-8-7-13(9-15(14)20-17(10)23)28(25,26)21-12-5-3-11(4-6-12)18(24)27-2/h3-10,21H,1-2H3,(H,19,22)(H,20,23). The van der Waals surface area contributed by atoms with Crippen molar-refractivity contribution in [3.8, 4) is 0 Å². The Labute approximate surface area is 161 Å². The zero-order chi connectivity index (χ0) is 20.5. The first-order chi connectivity index (χ1) is 13.2. The average Bonchev–Trinajstić information content (AvgIpc) is 2.77. The maximum absolute atomic E-state index is 12.7. The van der Waals surface area contributed by atoms with E-state index in [1.54, 1.807) is 0 Å². The molecule has 0 saturated heterocycles. The first kappa shape index (κ1) is 19.4. The van der Waals surface area contributed by atoms with Crippen LogP contribution in [0.25, 0.3) is 0 Å². The molecule has 0 bridgehead atoms. The van der Waals surface area contributed by atoms with Gasteiger partial charge in [-0.3, -0.25) is 14.3 Å². The van der Waals surface area contributed by atoms with Crippen molar-refractivity contribution in [2.24, 2.45) is 5.92 Å². The Hall–Kier alpha value is -3.40. The van der Waals surface area contributed by atoms with Crippen LogP contribution < -0.4 is 15.4 Å². The van der Waals surface area contributed by atoms with Gasteiger partial charge in [0.1, 0.15) is 5.92 Å². The highest BCUT2D eigenvalue weighted by molar-refractivity contribution is 7.92. The topological polar surface area (TPSA) is 131 Å². The summed E-state index contributed by atoms with van der Waals surface area (Å²) in [7, 11) is -2.72. The lowest BCUT2D eigenvalue weighted by atomic mass is 10.1. The summed E-state index contributed by atoms with van der Waals surface area (Å²) in [5.74, 6) is -2.45. The minimum atomic E-state index is -3.97. The van der Waals surface area contributed by atoms with Gasteiger partial charge in [-0.25, -0.2) is 13.2 Å². The molecule has 0 aliphatic carbocycles. The second kappa shape index (κ2) is 7.31. The van der Waals surface area contributed by atoms with Crippen LogP contribution in [0.4, 0.5) is 17.1 Å². The minimum Gasteiger partial charge on any atom is -0.465 e. The molecule has 0 aromatic heterocycles. The van der Waals surface area contributed by atoms with E-state index in [-0.39, 0.29) is 21.8 Å². The summed E-state index contributed by atoms with van der Waals surface area (Å²) in [4.78, 5) is 35.2. The number of methoxy groups -OCH3 is 1. The molecule has 2 amide bonds. The lowest BCUT2D eigenvalue weighted by molar-refractivity contribution is -0.128.